The average molecular weight is 212 g/mol. The normalized spacial score (nSPS) is 10.0. The fourth-order valence-corrected chi connectivity index (χ4v) is 2.45. The molecule has 0 aromatic heterocycles. The lowest BCUT2D eigenvalue weighted by Gasteiger charge is -2.01. The fraction of sp³-hybridized carbons (Fsp3) is 0.300. The number of hydrogen-bond donors (Lipinski definition) is 0. The molecule has 0 unspecified atom stereocenters. The number of benzene rings is 1. The van der Waals surface area contributed by atoms with Gasteiger partial charge in [-0.05, 0) is 23.3 Å². The van der Waals surface area contributed by atoms with Crippen molar-refractivity contribution < 1.29 is 4.79 Å². The van der Waals surface area contributed by atoms with E-state index in [4.69, 9.17) is 0 Å². The van der Waals surface area contributed by atoms with Crippen molar-refractivity contribution in [3.05, 3.63) is 35.4 Å². The van der Waals surface area contributed by atoms with Gasteiger partial charge in [-0.2, -0.15) is 0 Å². The molecule has 1 rings (SSSR count). The van der Waals surface area contributed by atoms with Crippen LogP contribution >= 0.6 is 21.6 Å². The third kappa shape index (κ3) is 3.08. The molecule has 0 aliphatic heterocycles. The Bertz CT molecular complexity index is 297. The largest absolute Gasteiger partial charge is 0.281 e. The van der Waals surface area contributed by atoms with Crippen LogP contribution in [0.25, 0.3) is 0 Å². The number of carbonyl (C=O) groups is 1. The highest BCUT2D eigenvalue weighted by Gasteiger charge is 2.08. The third-order valence-electron chi connectivity index (χ3n) is 1.62. The number of hydrogen-bond acceptors (Lipinski definition) is 3. The predicted molar refractivity (Wildman–Crippen MR) is 61.2 cm³/mol. The van der Waals surface area contributed by atoms with Crippen LogP contribution in [-0.4, -0.2) is 10.9 Å². The van der Waals surface area contributed by atoms with Crippen LogP contribution in [0, 0.1) is 6.92 Å². The molecule has 70 valence electrons. The van der Waals surface area contributed by atoms with Gasteiger partial charge in [-0.3, -0.25) is 4.79 Å². The smallest absolute Gasteiger partial charge is 0.230 e. The topological polar surface area (TPSA) is 17.1 Å². The monoisotopic (exact) mass is 212 g/mol. The highest BCUT2D eigenvalue weighted by Crippen LogP contribution is 2.26. The lowest BCUT2D eigenvalue weighted by Crippen LogP contribution is -1.94. The van der Waals surface area contributed by atoms with Crippen molar-refractivity contribution in [2.24, 2.45) is 0 Å². The zero-order valence-electron chi connectivity index (χ0n) is 7.74. The molecule has 0 fully saturated rings. The van der Waals surface area contributed by atoms with Crippen molar-refractivity contribution >= 4 is 26.7 Å². The van der Waals surface area contributed by atoms with E-state index in [1.54, 1.807) is 10.8 Å². The van der Waals surface area contributed by atoms with Gasteiger partial charge in [-0.15, -0.1) is 0 Å². The summed E-state index contributed by atoms with van der Waals surface area (Å²) in [6, 6.07) is 7.69. The Morgan fingerprint density at radius 3 is 2.69 bits per heavy atom. The molecule has 3 heteroatoms. The van der Waals surface area contributed by atoms with Crippen LogP contribution in [-0.2, 0) is 0 Å². The van der Waals surface area contributed by atoms with E-state index in [1.807, 2.05) is 38.1 Å². The van der Waals surface area contributed by atoms with Crippen molar-refractivity contribution in [1.29, 1.82) is 0 Å². The molecule has 13 heavy (non-hydrogen) atoms. The SMILES string of the molecule is CCSSC(=O)c1ccccc1C. The van der Waals surface area contributed by atoms with Crippen LogP contribution in [0.5, 0.6) is 0 Å². The summed E-state index contributed by atoms with van der Waals surface area (Å²) in [5.41, 5.74) is 1.88. The summed E-state index contributed by atoms with van der Waals surface area (Å²) in [4.78, 5) is 11.6. The lowest BCUT2D eigenvalue weighted by atomic mass is 10.1. The minimum atomic E-state index is 0.157. The van der Waals surface area contributed by atoms with Gasteiger partial charge >= 0.3 is 0 Å². The second-order valence-corrected chi connectivity index (χ2v) is 5.15. The van der Waals surface area contributed by atoms with Gasteiger partial charge in [0.1, 0.15) is 0 Å². The average Bonchev–Trinajstić information content (AvgIpc) is 2.15. The minimum absolute atomic E-state index is 0.157. The summed E-state index contributed by atoms with van der Waals surface area (Å²) in [5, 5.41) is 0.157. The molecule has 0 bridgehead atoms. The van der Waals surface area contributed by atoms with Crippen molar-refractivity contribution in [3.8, 4) is 0 Å². The second kappa shape index (κ2) is 5.35. The maximum Gasteiger partial charge on any atom is 0.230 e. The highest BCUT2D eigenvalue weighted by atomic mass is 33.1. The summed E-state index contributed by atoms with van der Waals surface area (Å²) in [5.74, 6) is 0.961. The summed E-state index contributed by atoms with van der Waals surface area (Å²) >= 11 is 0. The Morgan fingerprint density at radius 2 is 2.08 bits per heavy atom. The Kier molecular flexibility index (Phi) is 4.39. The lowest BCUT2D eigenvalue weighted by molar-refractivity contribution is 0.109. The zero-order chi connectivity index (χ0) is 9.68. The van der Waals surface area contributed by atoms with Gasteiger partial charge in [-0.1, -0.05) is 42.0 Å². The van der Waals surface area contributed by atoms with E-state index in [0.29, 0.717) is 0 Å². The molecule has 0 radical (unpaired) electrons. The van der Waals surface area contributed by atoms with E-state index in [9.17, 15) is 4.79 Å². The van der Waals surface area contributed by atoms with Crippen LogP contribution in [0.4, 0.5) is 0 Å². The van der Waals surface area contributed by atoms with Crippen LogP contribution in [0.1, 0.15) is 22.8 Å². The predicted octanol–water partition coefficient (Wildman–Crippen LogP) is 3.54. The standard InChI is InChI=1S/C10H12OS2/c1-3-12-13-10(11)9-7-5-4-6-8(9)2/h4-7H,3H2,1-2H3. The van der Waals surface area contributed by atoms with E-state index in [2.05, 4.69) is 0 Å². The van der Waals surface area contributed by atoms with Gasteiger partial charge < -0.3 is 0 Å². The zero-order valence-corrected chi connectivity index (χ0v) is 9.37. The van der Waals surface area contributed by atoms with E-state index >= 15 is 0 Å². The third-order valence-corrected chi connectivity index (χ3v) is 3.86. The summed E-state index contributed by atoms with van der Waals surface area (Å²) < 4.78 is 0. The van der Waals surface area contributed by atoms with Crippen LogP contribution < -0.4 is 0 Å². The molecule has 0 saturated heterocycles. The maximum atomic E-state index is 11.6. The Morgan fingerprint density at radius 1 is 1.38 bits per heavy atom. The van der Waals surface area contributed by atoms with Crippen molar-refractivity contribution in [1.82, 2.24) is 0 Å². The molecule has 0 saturated carbocycles. The molecule has 1 aromatic rings. The molecule has 0 aliphatic rings. The summed E-state index contributed by atoms with van der Waals surface area (Å²) in [6.45, 7) is 4.01. The maximum absolute atomic E-state index is 11.6. The number of aryl methyl sites for hydroxylation is 1. The highest BCUT2D eigenvalue weighted by molar-refractivity contribution is 8.82. The Labute approximate surface area is 86.7 Å². The number of rotatable bonds is 3. The second-order valence-electron chi connectivity index (χ2n) is 2.59. The van der Waals surface area contributed by atoms with E-state index < -0.39 is 0 Å². The molecule has 1 aromatic carbocycles. The Hall–Kier alpha value is -0.410. The Balaban J connectivity index is 2.71. The molecule has 0 atom stereocenters. The van der Waals surface area contributed by atoms with Crippen LogP contribution in [0.15, 0.2) is 24.3 Å². The number of carbonyl (C=O) groups excluding carboxylic acids is 1. The quantitative estimate of drug-likeness (QED) is 0.713. The van der Waals surface area contributed by atoms with Gasteiger partial charge in [0.25, 0.3) is 0 Å². The first-order valence-electron chi connectivity index (χ1n) is 4.15. The molecule has 0 heterocycles. The first-order chi connectivity index (χ1) is 6.25. The molecular formula is C10H12OS2. The van der Waals surface area contributed by atoms with Crippen molar-refractivity contribution in [3.63, 3.8) is 0 Å². The minimum Gasteiger partial charge on any atom is -0.281 e. The van der Waals surface area contributed by atoms with Gasteiger partial charge in [-0.25, -0.2) is 0 Å². The first kappa shape index (κ1) is 10.7. The summed E-state index contributed by atoms with van der Waals surface area (Å²) in [7, 11) is 2.91. The van der Waals surface area contributed by atoms with Crippen LogP contribution in [0.2, 0.25) is 0 Å². The van der Waals surface area contributed by atoms with Gasteiger partial charge in [0.2, 0.25) is 5.12 Å². The van der Waals surface area contributed by atoms with Crippen molar-refractivity contribution in [2.45, 2.75) is 13.8 Å². The van der Waals surface area contributed by atoms with E-state index in [-0.39, 0.29) is 5.12 Å². The van der Waals surface area contributed by atoms with Gasteiger partial charge in [0.05, 0.1) is 0 Å². The molecule has 0 aliphatic carbocycles. The molecule has 0 N–H and O–H groups in total. The van der Waals surface area contributed by atoms with Gasteiger partial charge in [0, 0.05) is 11.3 Å². The van der Waals surface area contributed by atoms with Gasteiger partial charge in [0.15, 0.2) is 0 Å². The first-order valence-corrected chi connectivity index (χ1v) is 6.47. The van der Waals surface area contributed by atoms with Crippen molar-refractivity contribution in [2.75, 3.05) is 5.75 Å². The van der Waals surface area contributed by atoms with E-state index in [1.165, 1.54) is 10.8 Å². The fourth-order valence-electron chi connectivity index (χ4n) is 0.959. The molecule has 0 spiro atoms. The molecular weight excluding hydrogens is 200 g/mol. The molecule has 1 nitrogen and oxygen atoms in total. The molecule has 0 amide bonds. The van der Waals surface area contributed by atoms with E-state index in [0.717, 1.165) is 16.9 Å². The summed E-state index contributed by atoms with van der Waals surface area (Å²) in [6.07, 6.45) is 0. The van der Waals surface area contributed by atoms with Crippen LogP contribution in [0.3, 0.4) is 0 Å².